The smallest absolute Gasteiger partial charge is 0.183 e. The molecule has 0 radical (unpaired) electrons. The Labute approximate surface area is 143 Å². The molecule has 2 rings (SSSR count). The van der Waals surface area contributed by atoms with Gasteiger partial charge in [0.2, 0.25) is 0 Å². The molecular weight excluding hydrogens is 353 g/mol. The summed E-state index contributed by atoms with van der Waals surface area (Å²) in [7, 11) is -7.28. The number of benzene rings is 1. The van der Waals surface area contributed by atoms with Gasteiger partial charge in [-0.15, -0.1) is 0 Å². The number of sulfone groups is 2. The molecule has 0 amide bonds. The fraction of sp³-hybridized carbons (Fsp3) is 0.625. The first kappa shape index (κ1) is 19.3. The van der Waals surface area contributed by atoms with Crippen LogP contribution in [-0.4, -0.2) is 46.2 Å². The van der Waals surface area contributed by atoms with Crippen LogP contribution in [0.4, 0.5) is 4.39 Å². The average Bonchev–Trinajstić information content (AvgIpc) is 2.77. The van der Waals surface area contributed by atoms with E-state index in [0.29, 0.717) is 12.5 Å². The van der Waals surface area contributed by atoms with Crippen LogP contribution in [0.25, 0.3) is 0 Å². The lowest BCUT2D eigenvalue weighted by Crippen LogP contribution is -2.43. The van der Waals surface area contributed by atoms with E-state index in [0.717, 1.165) is 12.5 Å². The molecule has 1 N–H and O–H groups in total. The Morgan fingerprint density at radius 3 is 2.54 bits per heavy atom. The van der Waals surface area contributed by atoms with Gasteiger partial charge in [-0.25, -0.2) is 21.2 Å². The van der Waals surface area contributed by atoms with Gasteiger partial charge in [-0.05, 0) is 49.6 Å². The number of halogens is 1. The number of hydrogen-bond donors (Lipinski definition) is 1. The molecule has 1 aromatic carbocycles. The summed E-state index contributed by atoms with van der Waals surface area (Å²) in [4.78, 5) is -0.0286. The van der Waals surface area contributed by atoms with E-state index >= 15 is 0 Å². The standard InChI is InChI=1S/C16H24FNO4S2/c1-11(2)6-7-18-15-9-23(19,20)10-16(15)24(21,22)13-4-5-14(17)12(3)8-13/h4-5,8,11,15-16,18H,6-7,9-10H2,1-3H3/t15-,16-/m0/s1. The first-order valence-corrected chi connectivity index (χ1v) is 11.3. The molecule has 24 heavy (non-hydrogen) atoms. The molecule has 1 aromatic rings. The predicted octanol–water partition coefficient (Wildman–Crippen LogP) is 1.71. The number of hydrogen-bond acceptors (Lipinski definition) is 5. The molecule has 2 atom stereocenters. The average molecular weight is 378 g/mol. The van der Waals surface area contributed by atoms with Gasteiger partial charge < -0.3 is 5.32 Å². The summed E-state index contributed by atoms with van der Waals surface area (Å²) < 4.78 is 63.1. The maximum Gasteiger partial charge on any atom is 0.183 e. The van der Waals surface area contributed by atoms with Gasteiger partial charge in [0.15, 0.2) is 19.7 Å². The van der Waals surface area contributed by atoms with Gasteiger partial charge in [0.1, 0.15) is 5.82 Å². The van der Waals surface area contributed by atoms with Crippen LogP contribution in [0.1, 0.15) is 25.8 Å². The van der Waals surface area contributed by atoms with Gasteiger partial charge in [0, 0.05) is 6.04 Å². The van der Waals surface area contributed by atoms with Crippen LogP contribution in [0, 0.1) is 18.7 Å². The topological polar surface area (TPSA) is 80.3 Å². The van der Waals surface area contributed by atoms with Crippen molar-refractivity contribution >= 4 is 19.7 Å². The minimum Gasteiger partial charge on any atom is -0.312 e. The second-order valence-electron chi connectivity index (χ2n) is 6.81. The molecule has 1 aliphatic rings. The van der Waals surface area contributed by atoms with Crippen molar-refractivity contribution in [3.63, 3.8) is 0 Å². The molecule has 0 bridgehead atoms. The molecule has 1 saturated heterocycles. The monoisotopic (exact) mass is 377 g/mol. The van der Waals surface area contributed by atoms with E-state index in [4.69, 9.17) is 0 Å². The Balaban J connectivity index is 2.29. The fourth-order valence-electron chi connectivity index (χ4n) is 2.84. The second kappa shape index (κ2) is 7.09. The van der Waals surface area contributed by atoms with Crippen LogP contribution in [0.2, 0.25) is 0 Å². The third-order valence-electron chi connectivity index (χ3n) is 4.29. The van der Waals surface area contributed by atoms with Crippen molar-refractivity contribution in [1.29, 1.82) is 0 Å². The van der Waals surface area contributed by atoms with Crippen LogP contribution >= 0.6 is 0 Å². The lowest BCUT2D eigenvalue weighted by molar-refractivity contribution is 0.483. The molecule has 0 saturated carbocycles. The van der Waals surface area contributed by atoms with Gasteiger partial charge in [0.05, 0.1) is 21.7 Å². The number of nitrogens with one attached hydrogen (secondary N) is 1. The molecule has 136 valence electrons. The van der Waals surface area contributed by atoms with Crippen LogP contribution in [0.3, 0.4) is 0 Å². The molecule has 1 heterocycles. The normalized spacial score (nSPS) is 23.7. The van der Waals surface area contributed by atoms with Crippen molar-refractivity contribution < 1.29 is 21.2 Å². The minimum atomic E-state index is -3.86. The molecule has 0 spiro atoms. The highest BCUT2D eigenvalue weighted by Gasteiger charge is 2.45. The van der Waals surface area contributed by atoms with Crippen LogP contribution in [0.5, 0.6) is 0 Å². The maximum atomic E-state index is 13.4. The quantitative estimate of drug-likeness (QED) is 0.764. The van der Waals surface area contributed by atoms with Crippen molar-refractivity contribution in [1.82, 2.24) is 5.32 Å². The lowest BCUT2D eigenvalue weighted by Gasteiger charge is -2.20. The zero-order chi connectivity index (χ0) is 18.1. The largest absolute Gasteiger partial charge is 0.312 e. The van der Waals surface area contributed by atoms with Crippen molar-refractivity contribution in [3.8, 4) is 0 Å². The van der Waals surface area contributed by atoms with Gasteiger partial charge in [-0.3, -0.25) is 0 Å². The predicted molar refractivity (Wildman–Crippen MR) is 92.0 cm³/mol. The lowest BCUT2D eigenvalue weighted by atomic mass is 10.1. The summed E-state index contributed by atoms with van der Waals surface area (Å²) in [5.41, 5.74) is 0.223. The van der Waals surface area contributed by atoms with Crippen molar-refractivity contribution in [2.24, 2.45) is 5.92 Å². The van der Waals surface area contributed by atoms with Crippen molar-refractivity contribution in [2.45, 2.75) is 43.4 Å². The van der Waals surface area contributed by atoms with E-state index in [1.54, 1.807) is 0 Å². The zero-order valence-electron chi connectivity index (χ0n) is 14.1. The first-order chi connectivity index (χ1) is 11.0. The summed E-state index contributed by atoms with van der Waals surface area (Å²) in [6, 6.07) is 2.94. The Morgan fingerprint density at radius 2 is 1.96 bits per heavy atom. The Morgan fingerprint density at radius 1 is 1.29 bits per heavy atom. The molecule has 0 unspecified atom stereocenters. The summed E-state index contributed by atoms with van der Waals surface area (Å²) in [5, 5.41) is 2.05. The molecule has 1 aliphatic heterocycles. The highest BCUT2D eigenvalue weighted by Crippen LogP contribution is 2.27. The van der Waals surface area contributed by atoms with E-state index in [1.165, 1.54) is 19.1 Å². The molecular formula is C16H24FNO4S2. The van der Waals surface area contributed by atoms with E-state index < -0.39 is 42.5 Å². The Kier molecular flexibility index (Phi) is 5.71. The van der Waals surface area contributed by atoms with E-state index in [2.05, 4.69) is 5.32 Å². The summed E-state index contributed by atoms with van der Waals surface area (Å²) >= 11 is 0. The van der Waals surface area contributed by atoms with E-state index in [1.807, 2.05) is 13.8 Å². The highest BCUT2D eigenvalue weighted by atomic mass is 32.2. The summed E-state index contributed by atoms with van der Waals surface area (Å²) in [6.45, 7) is 6.13. The zero-order valence-corrected chi connectivity index (χ0v) is 15.8. The van der Waals surface area contributed by atoms with E-state index in [9.17, 15) is 21.2 Å². The first-order valence-electron chi connectivity index (χ1n) is 7.97. The molecule has 0 aromatic heterocycles. The Hall–Kier alpha value is -0.990. The molecule has 8 heteroatoms. The van der Waals surface area contributed by atoms with Crippen molar-refractivity contribution in [3.05, 3.63) is 29.6 Å². The third kappa shape index (κ3) is 4.34. The van der Waals surface area contributed by atoms with Crippen LogP contribution in [-0.2, 0) is 19.7 Å². The minimum absolute atomic E-state index is 0.0286. The molecule has 5 nitrogen and oxygen atoms in total. The number of rotatable bonds is 6. The van der Waals surface area contributed by atoms with Crippen LogP contribution in [0.15, 0.2) is 23.1 Å². The SMILES string of the molecule is Cc1cc(S(=O)(=O)[C@H]2CS(=O)(=O)C[C@@H]2NCCC(C)C)ccc1F. The second-order valence-corrected chi connectivity index (χ2v) is 11.1. The third-order valence-corrected chi connectivity index (χ3v) is 8.43. The van der Waals surface area contributed by atoms with Gasteiger partial charge in [0.25, 0.3) is 0 Å². The van der Waals surface area contributed by atoms with Gasteiger partial charge in [-0.1, -0.05) is 13.8 Å². The highest BCUT2D eigenvalue weighted by molar-refractivity contribution is 7.96. The number of aryl methyl sites for hydroxylation is 1. The summed E-state index contributed by atoms with van der Waals surface area (Å²) in [5.74, 6) is -0.634. The maximum absolute atomic E-state index is 13.4. The van der Waals surface area contributed by atoms with Crippen molar-refractivity contribution in [2.75, 3.05) is 18.1 Å². The van der Waals surface area contributed by atoms with Gasteiger partial charge in [-0.2, -0.15) is 0 Å². The molecule has 1 fully saturated rings. The Bertz CT molecular complexity index is 803. The summed E-state index contributed by atoms with van der Waals surface area (Å²) in [6.07, 6.45) is 0.832. The fourth-order valence-corrected chi connectivity index (χ4v) is 7.64. The molecule has 0 aliphatic carbocycles. The van der Waals surface area contributed by atoms with E-state index in [-0.39, 0.29) is 16.2 Å². The van der Waals surface area contributed by atoms with Gasteiger partial charge >= 0.3 is 0 Å². The van der Waals surface area contributed by atoms with Crippen LogP contribution < -0.4 is 5.32 Å².